The summed E-state index contributed by atoms with van der Waals surface area (Å²) in [7, 11) is 1.41. The number of aromatic nitrogens is 3. The molecule has 3 aromatic rings. The van der Waals surface area contributed by atoms with Gasteiger partial charge in [0.1, 0.15) is 28.0 Å². The molecule has 2 heterocycles. The Bertz CT molecular complexity index is 1070. The number of carboxylic acids is 1. The third-order valence-electron chi connectivity index (χ3n) is 3.56. The van der Waals surface area contributed by atoms with Gasteiger partial charge in [0.2, 0.25) is 5.16 Å². The number of nitrogens with one attached hydrogen (secondary N) is 1. The summed E-state index contributed by atoms with van der Waals surface area (Å²) < 4.78 is 10.6. The second-order valence-electron chi connectivity index (χ2n) is 5.46. The summed E-state index contributed by atoms with van der Waals surface area (Å²) in [5.41, 5.74) is 0.0628. The lowest BCUT2D eigenvalue weighted by Gasteiger charge is -2.03. The summed E-state index contributed by atoms with van der Waals surface area (Å²) in [4.78, 5) is 26.3. The molecule has 144 valence electrons. The topological polar surface area (TPSA) is 144 Å². The molecule has 0 radical (unpaired) electrons. The molecule has 0 aliphatic carbocycles. The maximum atomic E-state index is 11.5. The van der Waals surface area contributed by atoms with Gasteiger partial charge in [0.25, 0.3) is 5.69 Å². The Kier molecular flexibility index (Phi) is 5.45. The van der Waals surface area contributed by atoms with E-state index in [4.69, 9.17) is 9.15 Å². The molecular formula is C17H14N4O6S. The number of furan rings is 1. The zero-order valence-corrected chi connectivity index (χ0v) is 15.5. The molecule has 0 bridgehead atoms. The highest BCUT2D eigenvalue weighted by molar-refractivity contribution is 8.04. The highest BCUT2D eigenvalue weighted by Gasteiger charge is 2.20. The molecule has 28 heavy (non-hydrogen) atoms. The molecule has 2 N–H and O–H groups in total. The summed E-state index contributed by atoms with van der Waals surface area (Å²) >= 11 is 0.854. The number of hydrogen-bond acceptors (Lipinski definition) is 8. The van der Waals surface area contributed by atoms with Crippen LogP contribution >= 0.6 is 11.8 Å². The van der Waals surface area contributed by atoms with Crippen molar-refractivity contribution in [2.45, 2.75) is 12.1 Å². The minimum Gasteiger partial charge on any atom is -0.497 e. The second-order valence-corrected chi connectivity index (χ2v) is 6.47. The number of hydrogen-bond donors (Lipinski definition) is 2. The fourth-order valence-electron chi connectivity index (χ4n) is 2.30. The van der Waals surface area contributed by atoms with E-state index < -0.39 is 10.9 Å². The Balaban J connectivity index is 1.93. The van der Waals surface area contributed by atoms with Crippen LogP contribution in [-0.4, -0.2) is 38.3 Å². The maximum absolute atomic E-state index is 11.5. The summed E-state index contributed by atoms with van der Waals surface area (Å²) in [5.74, 6) is 0.162. The van der Waals surface area contributed by atoms with Crippen molar-refractivity contribution in [3.05, 3.63) is 56.9 Å². The normalized spacial score (nSPS) is 11.4. The van der Waals surface area contributed by atoms with Gasteiger partial charge in [-0.15, -0.1) is 5.10 Å². The predicted octanol–water partition coefficient (Wildman–Crippen LogP) is 3.51. The number of nitrogens with zero attached hydrogens (tertiary/aromatic N) is 3. The van der Waals surface area contributed by atoms with E-state index in [1.165, 1.54) is 37.5 Å². The first-order valence-corrected chi connectivity index (χ1v) is 8.63. The largest absolute Gasteiger partial charge is 0.497 e. The number of aliphatic carboxylic acids is 1. The van der Waals surface area contributed by atoms with Gasteiger partial charge in [-0.25, -0.2) is 9.78 Å². The SMILES string of the molecule is COc1ccc(-c2ccc(/C=C(\Sc3n[nH]c(C)n3)C(=O)O)o2)c([N+](=O)[O-])c1. The minimum absolute atomic E-state index is 0.0656. The number of nitro groups is 1. The molecule has 0 spiro atoms. The van der Waals surface area contributed by atoms with Gasteiger partial charge in [-0.2, -0.15) is 0 Å². The van der Waals surface area contributed by atoms with Crippen molar-refractivity contribution in [1.82, 2.24) is 15.2 Å². The molecule has 11 heteroatoms. The van der Waals surface area contributed by atoms with Gasteiger partial charge in [0.05, 0.1) is 23.7 Å². The van der Waals surface area contributed by atoms with Crippen LogP contribution in [0.5, 0.6) is 5.75 Å². The van der Waals surface area contributed by atoms with Crippen LogP contribution in [0.15, 0.2) is 44.8 Å². The average Bonchev–Trinajstić information content (AvgIpc) is 3.29. The van der Waals surface area contributed by atoms with Crippen molar-refractivity contribution in [2.75, 3.05) is 7.11 Å². The number of thioether (sulfide) groups is 1. The van der Waals surface area contributed by atoms with Gasteiger partial charge in [0, 0.05) is 6.08 Å². The molecule has 0 saturated carbocycles. The molecule has 0 amide bonds. The second kappa shape index (κ2) is 7.96. The molecule has 0 unspecified atom stereocenters. The van der Waals surface area contributed by atoms with Gasteiger partial charge in [-0.05, 0) is 43.0 Å². The third-order valence-corrected chi connectivity index (χ3v) is 4.43. The average molecular weight is 402 g/mol. The quantitative estimate of drug-likeness (QED) is 0.262. The molecule has 0 fully saturated rings. The van der Waals surface area contributed by atoms with E-state index in [1.54, 1.807) is 13.0 Å². The van der Waals surface area contributed by atoms with E-state index in [-0.39, 0.29) is 32.8 Å². The van der Waals surface area contributed by atoms with Crippen LogP contribution in [0.1, 0.15) is 11.6 Å². The summed E-state index contributed by atoms with van der Waals surface area (Å²) in [5, 5.41) is 27.5. The van der Waals surface area contributed by atoms with Crippen LogP contribution in [0, 0.1) is 17.0 Å². The maximum Gasteiger partial charge on any atom is 0.342 e. The number of ether oxygens (including phenoxy) is 1. The lowest BCUT2D eigenvalue weighted by Crippen LogP contribution is -1.97. The number of aryl methyl sites for hydroxylation is 1. The zero-order valence-electron chi connectivity index (χ0n) is 14.7. The summed E-state index contributed by atoms with van der Waals surface area (Å²) in [6.07, 6.45) is 1.30. The van der Waals surface area contributed by atoms with Crippen molar-refractivity contribution >= 4 is 29.5 Å². The molecule has 10 nitrogen and oxygen atoms in total. The first-order chi connectivity index (χ1) is 13.4. The van der Waals surface area contributed by atoms with Crippen LogP contribution < -0.4 is 4.74 Å². The van der Waals surface area contributed by atoms with Gasteiger partial charge in [0.15, 0.2) is 0 Å². The van der Waals surface area contributed by atoms with E-state index in [0.717, 1.165) is 11.8 Å². The Labute approximate surface area is 162 Å². The van der Waals surface area contributed by atoms with Crippen LogP contribution in [0.4, 0.5) is 5.69 Å². The monoisotopic (exact) mass is 402 g/mol. The molecule has 0 atom stereocenters. The minimum atomic E-state index is -1.18. The van der Waals surface area contributed by atoms with E-state index in [0.29, 0.717) is 11.6 Å². The van der Waals surface area contributed by atoms with Gasteiger partial charge in [-0.1, -0.05) is 0 Å². The fourth-order valence-corrected chi connectivity index (χ4v) is 3.04. The van der Waals surface area contributed by atoms with Crippen molar-refractivity contribution in [1.29, 1.82) is 0 Å². The van der Waals surface area contributed by atoms with Gasteiger partial charge in [-0.3, -0.25) is 15.2 Å². The van der Waals surface area contributed by atoms with Crippen LogP contribution in [0.2, 0.25) is 0 Å². The van der Waals surface area contributed by atoms with Crippen LogP contribution in [0.3, 0.4) is 0 Å². The van der Waals surface area contributed by atoms with Crippen LogP contribution in [-0.2, 0) is 4.79 Å². The summed E-state index contributed by atoms with van der Waals surface area (Å²) in [6, 6.07) is 7.42. The number of methoxy groups -OCH3 is 1. The van der Waals surface area contributed by atoms with Crippen LogP contribution in [0.25, 0.3) is 17.4 Å². The zero-order chi connectivity index (χ0) is 20.3. The number of nitro benzene ring substituents is 1. The molecular weight excluding hydrogens is 388 g/mol. The number of H-pyrrole nitrogens is 1. The van der Waals surface area contributed by atoms with Crippen molar-refractivity contribution in [3.63, 3.8) is 0 Å². The molecule has 0 aliphatic rings. The lowest BCUT2D eigenvalue weighted by atomic mass is 10.1. The molecule has 1 aromatic carbocycles. The number of aromatic amines is 1. The Hall–Kier alpha value is -3.60. The number of rotatable bonds is 7. The third kappa shape index (κ3) is 4.20. The highest BCUT2D eigenvalue weighted by atomic mass is 32.2. The van der Waals surface area contributed by atoms with Crippen molar-refractivity contribution in [2.24, 2.45) is 0 Å². The van der Waals surface area contributed by atoms with Gasteiger partial charge < -0.3 is 14.3 Å². The number of benzene rings is 1. The van der Waals surface area contributed by atoms with Crippen molar-refractivity contribution in [3.8, 4) is 17.1 Å². The fraction of sp³-hybridized carbons (Fsp3) is 0.118. The van der Waals surface area contributed by atoms with E-state index in [9.17, 15) is 20.0 Å². The Morgan fingerprint density at radius 2 is 2.18 bits per heavy atom. The lowest BCUT2D eigenvalue weighted by molar-refractivity contribution is -0.384. The van der Waals surface area contributed by atoms with E-state index >= 15 is 0 Å². The molecule has 3 rings (SSSR count). The van der Waals surface area contributed by atoms with E-state index in [2.05, 4.69) is 15.2 Å². The molecule has 2 aromatic heterocycles. The first-order valence-electron chi connectivity index (χ1n) is 7.82. The van der Waals surface area contributed by atoms with E-state index in [1.807, 2.05) is 0 Å². The van der Waals surface area contributed by atoms with Crippen molar-refractivity contribution < 1.29 is 24.0 Å². The first kappa shape index (κ1) is 19.2. The standard InChI is InChI=1S/C17H14N4O6S/c1-9-18-17(20-19-9)28-15(16(22)23)8-11-4-6-14(27-11)12-5-3-10(26-2)7-13(12)21(24)25/h3-8H,1-2H3,(H,22,23)(H,18,19,20)/b15-8-. The Morgan fingerprint density at radius 3 is 2.79 bits per heavy atom. The number of carbonyl (C=O) groups is 1. The molecule has 0 aliphatic heterocycles. The van der Waals surface area contributed by atoms with Gasteiger partial charge >= 0.3 is 5.97 Å². The highest BCUT2D eigenvalue weighted by Crippen LogP contribution is 2.35. The molecule has 0 saturated heterocycles. The smallest absolute Gasteiger partial charge is 0.342 e. The Morgan fingerprint density at radius 1 is 1.39 bits per heavy atom. The number of carboxylic acid groups (broad SMARTS) is 1. The predicted molar refractivity (Wildman–Crippen MR) is 99.9 cm³/mol. The summed E-state index contributed by atoms with van der Waals surface area (Å²) in [6.45, 7) is 1.70.